The number of nitrogens with zero attached hydrogens (tertiary/aromatic N) is 1. The van der Waals surface area contributed by atoms with Gasteiger partial charge >= 0.3 is 0 Å². The van der Waals surface area contributed by atoms with Gasteiger partial charge in [0.1, 0.15) is 0 Å². The summed E-state index contributed by atoms with van der Waals surface area (Å²) in [5.74, 6) is -0.108. The van der Waals surface area contributed by atoms with Crippen LogP contribution in [0.2, 0.25) is 0 Å². The minimum Gasteiger partial charge on any atom is -0.295 e. The number of carbonyl (C=O) groups excluding carboxylic acids is 1. The molecular formula is C16H12BrNO3S. The first-order valence-electron chi connectivity index (χ1n) is 6.53. The lowest BCUT2D eigenvalue weighted by Crippen LogP contribution is -2.11. The van der Waals surface area contributed by atoms with Gasteiger partial charge in [-0.1, -0.05) is 30.3 Å². The van der Waals surface area contributed by atoms with Crippen LogP contribution in [0.25, 0.3) is 10.9 Å². The second-order valence-corrected chi connectivity index (χ2v) is 7.55. The van der Waals surface area contributed by atoms with Crippen LogP contribution < -0.4 is 0 Å². The average Bonchev–Trinajstić information content (AvgIpc) is 2.85. The van der Waals surface area contributed by atoms with Crippen molar-refractivity contribution in [1.29, 1.82) is 0 Å². The van der Waals surface area contributed by atoms with E-state index < -0.39 is 10.0 Å². The topological polar surface area (TPSA) is 56.1 Å². The van der Waals surface area contributed by atoms with Gasteiger partial charge in [0.05, 0.1) is 10.4 Å². The van der Waals surface area contributed by atoms with Gasteiger partial charge in [-0.15, -0.1) is 0 Å². The maximum atomic E-state index is 12.8. The molecule has 0 saturated heterocycles. The highest BCUT2D eigenvalue weighted by atomic mass is 79.9. The first kappa shape index (κ1) is 15.0. The third-order valence-electron chi connectivity index (χ3n) is 3.43. The minimum atomic E-state index is -3.71. The molecule has 3 aromatic rings. The predicted octanol–water partition coefficient (Wildman–Crippen LogP) is 3.84. The first-order valence-corrected chi connectivity index (χ1v) is 8.77. The van der Waals surface area contributed by atoms with Gasteiger partial charge in [-0.3, -0.25) is 4.79 Å². The lowest BCUT2D eigenvalue weighted by Gasteiger charge is -2.07. The van der Waals surface area contributed by atoms with Crippen LogP contribution in [0.15, 0.2) is 64.1 Å². The standard InChI is InChI=1S/C16H12BrNO3S/c1-11(19)12-7-8-14-15(17)10-18(16(14)9-12)22(20,21)13-5-3-2-4-6-13/h2-10H,1H3. The molecule has 1 heterocycles. The molecule has 0 fully saturated rings. The summed E-state index contributed by atoms with van der Waals surface area (Å²) < 4.78 is 27.5. The van der Waals surface area contributed by atoms with Crippen LogP contribution in [0.4, 0.5) is 0 Å². The zero-order valence-electron chi connectivity index (χ0n) is 11.7. The van der Waals surface area contributed by atoms with Crippen molar-refractivity contribution in [3.05, 3.63) is 64.8 Å². The minimum absolute atomic E-state index is 0.108. The Balaban J connectivity index is 2.31. The van der Waals surface area contributed by atoms with Gasteiger partial charge in [0, 0.05) is 21.6 Å². The fraction of sp³-hybridized carbons (Fsp3) is 0.0625. The molecule has 0 bridgehead atoms. The Labute approximate surface area is 136 Å². The fourth-order valence-corrected chi connectivity index (χ4v) is 4.34. The fourth-order valence-electron chi connectivity index (χ4n) is 2.28. The summed E-state index contributed by atoms with van der Waals surface area (Å²) >= 11 is 3.37. The summed E-state index contributed by atoms with van der Waals surface area (Å²) in [6.45, 7) is 1.45. The van der Waals surface area contributed by atoms with Crippen molar-refractivity contribution in [3.8, 4) is 0 Å². The van der Waals surface area contributed by atoms with E-state index in [-0.39, 0.29) is 10.7 Å². The van der Waals surface area contributed by atoms with Gasteiger partial charge in [0.2, 0.25) is 0 Å². The maximum absolute atomic E-state index is 12.8. The largest absolute Gasteiger partial charge is 0.295 e. The van der Waals surface area contributed by atoms with Gasteiger partial charge < -0.3 is 0 Å². The monoisotopic (exact) mass is 377 g/mol. The molecule has 4 nitrogen and oxygen atoms in total. The van der Waals surface area contributed by atoms with Gasteiger partial charge in [0.15, 0.2) is 5.78 Å². The van der Waals surface area contributed by atoms with Crippen molar-refractivity contribution in [2.45, 2.75) is 11.8 Å². The Kier molecular flexibility index (Phi) is 3.66. The lowest BCUT2D eigenvalue weighted by molar-refractivity contribution is 0.101. The van der Waals surface area contributed by atoms with Crippen LogP contribution in [-0.4, -0.2) is 18.2 Å². The molecule has 0 amide bonds. The summed E-state index contributed by atoms with van der Waals surface area (Å²) in [7, 11) is -3.71. The van der Waals surface area contributed by atoms with Gasteiger partial charge in [-0.2, -0.15) is 0 Å². The Morgan fingerprint density at radius 2 is 1.77 bits per heavy atom. The molecule has 6 heteroatoms. The van der Waals surface area contributed by atoms with E-state index in [9.17, 15) is 13.2 Å². The van der Waals surface area contributed by atoms with Gasteiger partial charge in [-0.05, 0) is 41.1 Å². The number of benzene rings is 2. The number of ketones is 1. The van der Waals surface area contributed by atoms with Crippen molar-refractivity contribution < 1.29 is 13.2 Å². The number of Topliss-reactive ketones (excluding diaryl/α,β-unsaturated/α-hetero) is 1. The molecule has 2 aromatic carbocycles. The van der Waals surface area contributed by atoms with Crippen molar-refractivity contribution >= 4 is 42.6 Å². The molecule has 0 unspecified atom stereocenters. The van der Waals surface area contributed by atoms with E-state index in [2.05, 4.69) is 15.9 Å². The smallest absolute Gasteiger partial charge is 0.268 e. The molecule has 3 rings (SSSR count). The Hall–Kier alpha value is -1.92. The highest BCUT2D eigenvalue weighted by Crippen LogP contribution is 2.30. The van der Waals surface area contributed by atoms with E-state index in [1.807, 2.05) is 0 Å². The second kappa shape index (κ2) is 5.37. The van der Waals surface area contributed by atoms with Crippen LogP contribution in [0.5, 0.6) is 0 Å². The highest BCUT2D eigenvalue weighted by Gasteiger charge is 2.21. The first-order chi connectivity index (χ1) is 10.4. The van der Waals surface area contributed by atoms with E-state index in [4.69, 9.17) is 0 Å². The lowest BCUT2D eigenvalue weighted by atomic mass is 10.1. The van der Waals surface area contributed by atoms with Crippen LogP contribution in [0.1, 0.15) is 17.3 Å². The number of fused-ring (bicyclic) bond motifs is 1. The van der Waals surface area contributed by atoms with E-state index in [0.717, 1.165) is 5.39 Å². The van der Waals surface area contributed by atoms with E-state index in [1.165, 1.54) is 17.1 Å². The Morgan fingerprint density at radius 3 is 2.41 bits per heavy atom. The van der Waals surface area contributed by atoms with E-state index in [1.54, 1.807) is 48.5 Å². The molecule has 0 spiro atoms. The summed E-state index contributed by atoms with van der Waals surface area (Å²) in [5, 5.41) is 0.740. The second-order valence-electron chi connectivity index (χ2n) is 4.88. The van der Waals surface area contributed by atoms with Gasteiger partial charge in [-0.25, -0.2) is 12.4 Å². The molecule has 0 aliphatic rings. The normalized spacial score (nSPS) is 11.7. The van der Waals surface area contributed by atoms with Crippen LogP contribution in [0, 0.1) is 0 Å². The van der Waals surface area contributed by atoms with Crippen molar-refractivity contribution in [1.82, 2.24) is 3.97 Å². The van der Waals surface area contributed by atoms with Crippen LogP contribution in [0.3, 0.4) is 0 Å². The van der Waals surface area contributed by atoms with Crippen LogP contribution >= 0.6 is 15.9 Å². The highest BCUT2D eigenvalue weighted by molar-refractivity contribution is 9.10. The third kappa shape index (κ3) is 2.38. The molecule has 0 N–H and O–H groups in total. The number of rotatable bonds is 3. The number of halogens is 1. The van der Waals surface area contributed by atoms with Gasteiger partial charge in [0.25, 0.3) is 10.0 Å². The van der Waals surface area contributed by atoms with Crippen LogP contribution in [-0.2, 0) is 10.0 Å². The summed E-state index contributed by atoms with van der Waals surface area (Å²) in [6.07, 6.45) is 1.51. The van der Waals surface area contributed by atoms with Crippen molar-refractivity contribution in [2.75, 3.05) is 0 Å². The van der Waals surface area contributed by atoms with E-state index in [0.29, 0.717) is 15.6 Å². The zero-order valence-corrected chi connectivity index (χ0v) is 14.1. The van der Waals surface area contributed by atoms with Crippen molar-refractivity contribution in [3.63, 3.8) is 0 Å². The molecule has 0 aliphatic carbocycles. The zero-order chi connectivity index (χ0) is 15.9. The SMILES string of the molecule is CC(=O)c1ccc2c(Br)cn(S(=O)(=O)c3ccccc3)c2c1. The molecule has 22 heavy (non-hydrogen) atoms. The molecular weight excluding hydrogens is 366 g/mol. The predicted molar refractivity (Wildman–Crippen MR) is 88.7 cm³/mol. The maximum Gasteiger partial charge on any atom is 0.268 e. The molecule has 0 radical (unpaired) electrons. The van der Waals surface area contributed by atoms with E-state index >= 15 is 0 Å². The Morgan fingerprint density at radius 1 is 1.09 bits per heavy atom. The quantitative estimate of drug-likeness (QED) is 0.651. The molecule has 1 aromatic heterocycles. The summed E-state index contributed by atoms with van der Waals surface area (Å²) in [4.78, 5) is 11.8. The Bertz CT molecular complexity index is 975. The molecule has 0 aliphatic heterocycles. The number of hydrogen-bond acceptors (Lipinski definition) is 3. The molecule has 112 valence electrons. The van der Waals surface area contributed by atoms with Crippen molar-refractivity contribution in [2.24, 2.45) is 0 Å². The third-order valence-corrected chi connectivity index (χ3v) is 5.75. The molecule has 0 saturated carbocycles. The summed E-state index contributed by atoms with van der Waals surface area (Å²) in [6, 6.07) is 13.2. The summed E-state index contributed by atoms with van der Waals surface area (Å²) in [5.41, 5.74) is 0.950. The number of carbonyl (C=O) groups is 1. The number of hydrogen-bond donors (Lipinski definition) is 0. The average molecular weight is 378 g/mol. The number of aromatic nitrogens is 1. The molecule has 0 atom stereocenters.